The van der Waals surface area contributed by atoms with Crippen LogP contribution in [0.3, 0.4) is 0 Å². The topological polar surface area (TPSA) is 104 Å². The molecule has 1 N–H and O–H groups in total. The largest absolute Gasteiger partial charge is 0.340 e. The van der Waals surface area contributed by atoms with Crippen molar-refractivity contribution in [2.45, 2.75) is 13.8 Å². The predicted octanol–water partition coefficient (Wildman–Crippen LogP) is 0.568. The van der Waals surface area contributed by atoms with E-state index >= 15 is 0 Å². The number of nitrogens with zero attached hydrogens (tertiary/aromatic N) is 2. The molecule has 1 saturated heterocycles. The van der Waals surface area contributed by atoms with E-state index in [1.807, 2.05) is 0 Å². The molecule has 0 bridgehead atoms. The van der Waals surface area contributed by atoms with Crippen molar-refractivity contribution in [2.75, 3.05) is 37.2 Å². The molecule has 0 aromatic heterocycles. The fraction of sp³-hybridized carbons (Fsp3) is 0.526. The fourth-order valence-corrected chi connectivity index (χ4v) is 5.56. The van der Waals surface area contributed by atoms with E-state index in [1.165, 1.54) is 4.31 Å². The highest BCUT2D eigenvalue weighted by Crippen LogP contribution is 2.62. The van der Waals surface area contributed by atoms with E-state index in [2.05, 4.69) is 5.32 Å². The van der Waals surface area contributed by atoms with E-state index in [1.54, 1.807) is 43.0 Å². The lowest BCUT2D eigenvalue weighted by molar-refractivity contribution is -0.135. The average molecular weight is 405 g/mol. The molecule has 28 heavy (non-hydrogen) atoms. The first-order valence-electron chi connectivity index (χ1n) is 9.43. The number of anilines is 1. The lowest BCUT2D eigenvalue weighted by Gasteiger charge is -2.34. The summed E-state index contributed by atoms with van der Waals surface area (Å²) in [6, 6.07) is 6.83. The number of hydrogen-bond acceptors (Lipinski definition) is 5. The van der Waals surface area contributed by atoms with Crippen molar-refractivity contribution >= 4 is 33.3 Å². The Bertz CT molecular complexity index is 968. The zero-order chi connectivity index (χ0) is 20.3. The summed E-state index contributed by atoms with van der Waals surface area (Å²) < 4.78 is 25.4. The van der Waals surface area contributed by atoms with Crippen LogP contribution < -0.4 is 5.32 Å². The lowest BCUT2D eigenvalue weighted by atomic mass is 9.92. The molecule has 3 atom stereocenters. The first-order valence-corrected chi connectivity index (χ1v) is 11.0. The Morgan fingerprint density at radius 3 is 2.46 bits per heavy atom. The Kier molecular flexibility index (Phi) is 4.35. The van der Waals surface area contributed by atoms with Crippen molar-refractivity contribution in [3.63, 3.8) is 0 Å². The molecule has 1 aromatic carbocycles. The number of benzene rings is 1. The van der Waals surface area contributed by atoms with Gasteiger partial charge in [0, 0.05) is 31.7 Å². The Labute approximate surface area is 163 Å². The van der Waals surface area contributed by atoms with Gasteiger partial charge in [-0.25, -0.2) is 8.42 Å². The van der Waals surface area contributed by atoms with Gasteiger partial charge in [-0.15, -0.1) is 0 Å². The Balaban J connectivity index is 1.54. The van der Waals surface area contributed by atoms with Crippen LogP contribution in [0, 0.1) is 17.3 Å². The summed E-state index contributed by atoms with van der Waals surface area (Å²) >= 11 is 0. The van der Waals surface area contributed by atoms with E-state index in [0.717, 1.165) is 0 Å². The summed E-state index contributed by atoms with van der Waals surface area (Å²) in [5.41, 5.74) is -0.147. The second kappa shape index (κ2) is 6.38. The summed E-state index contributed by atoms with van der Waals surface area (Å²) in [6.45, 7) is 4.28. The van der Waals surface area contributed by atoms with E-state index in [0.29, 0.717) is 11.3 Å². The van der Waals surface area contributed by atoms with Crippen LogP contribution in [0.25, 0.3) is 0 Å². The summed E-state index contributed by atoms with van der Waals surface area (Å²) in [5, 5.41) is 2.77. The molecule has 2 heterocycles. The van der Waals surface area contributed by atoms with Crippen LogP contribution in [0.15, 0.2) is 24.3 Å². The number of Topliss-reactive ketones (excluding diaryl/α,β-unsaturated/α-hetero) is 1. The van der Waals surface area contributed by atoms with Crippen molar-refractivity contribution in [1.29, 1.82) is 0 Å². The second-order valence-electron chi connectivity index (χ2n) is 7.73. The molecule has 2 amide bonds. The first kappa shape index (κ1) is 19.1. The molecule has 9 heteroatoms. The van der Waals surface area contributed by atoms with Gasteiger partial charge in [-0.05, 0) is 19.1 Å². The van der Waals surface area contributed by atoms with Crippen LogP contribution in [0.5, 0.6) is 0 Å². The summed E-state index contributed by atoms with van der Waals surface area (Å²) in [5.74, 6) is -2.13. The summed E-state index contributed by atoms with van der Waals surface area (Å²) in [4.78, 5) is 40.5. The van der Waals surface area contributed by atoms with Crippen LogP contribution in [-0.4, -0.2) is 67.2 Å². The van der Waals surface area contributed by atoms with Crippen LogP contribution >= 0.6 is 0 Å². The van der Waals surface area contributed by atoms with Gasteiger partial charge in [0.2, 0.25) is 21.8 Å². The Morgan fingerprint density at radius 2 is 1.82 bits per heavy atom. The van der Waals surface area contributed by atoms with Crippen LogP contribution in [0.4, 0.5) is 5.69 Å². The van der Waals surface area contributed by atoms with Gasteiger partial charge in [-0.3, -0.25) is 14.4 Å². The van der Waals surface area contributed by atoms with Crippen LogP contribution in [0.1, 0.15) is 24.2 Å². The monoisotopic (exact) mass is 405 g/mol. The first-order chi connectivity index (χ1) is 13.2. The molecule has 1 aromatic rings. The van der Waals surface area contributed by atoms with E-state index < -0.39 is 27.3 Å². The molecule has 4 rings (SSSR count). The lowest BCUT2D eigenvalue weighted by Crippen LogP contribution is -2.51. The number of sulfonamides is 1. The molecule has 8 nitrogen and oxygen atoms in total. The zero-order valence-corrected chi connectivity index (χ0v) is 16.7. The summed E-state index contributed by atoms with van der Waals surface area (Å²) in [7, 11) is -3.29. The molecule has 0 radical (unpaired) electrons. The van der Waals surface area contributed by atoms with Gasteiger partial charge in [-0.2, -0.15) is 4.31 Å². The number of hydrogen-bond donors (Lipinski definition) is 1. The highest BCUT2D eigenvalue weighted by atomic mass is 32.2. The van der Waals surface area contributed by atoms with Crippen molar-refractivity contribution in [3.05, 3.63) is 29.8 Å². The maximum absolute atomic E-state index is 13.1. The SMILES string of the molecule is CCS(=O)(=O)N1CCN(C(=O)[C@@H]2[C@H]3C(=O)Nc4ccccc4C(=O)[C@@]32C)CC1. The van der Waals surface area contributed by atoms with Gasteiger partial charge < -0.3 is 10.2 Å². The van der Waals surface area contributed by atoms with Gasteiger partial charge >= 0.3 is 0 Å². The highest BCUT2D eigenvalue weighted by Gasteiger charge is 2.74. The number of fused-ring (bicyclic) bond motifs is 2. The highest BCUT2D eigenvalue weighted by molar-refractivity contribution is 7.89. The molecule has 1 saturated carbocycles. The standard InChI is InChI=1S/C19H23N3O5S/c1-3-28(26,27)22-10-8-21(9-11-22)18(25)15-14-17(24)20-13-7-5-4-6-12(13)16(23)19(14,15)2/h4-7,14-15H,3,8-11H2,1-2H3,(H,20,24)/t14-,15-,19-/m0/s1. The number of piperazine rings is 1. The average Bonchev–Trinajstić information content (AvgIpc) is 3.35. The smallest absolute Gasteiger partial charge is 0.229 e. The zero-order valence-electron chi connectivity index (χ0n) is 15.8. The van der Waals surface area contributed by atoms with Crippen molar-refractivity contribution in [2.24, 2.45) is 17.3 Å². The minimum atomic E-state index is -3.29. The van der Waals surface area contributed by atoms with Crippen molar-refractivity contribution in [3.8, 4) is 0 Å². The molecule has 0 spiro atoms. The molecule has 2 fully saturated rings. The predicted molar refractivity (Wildman–Crippen MR) is 102 cm³/mol. The molecular formula is C19H23N3O5S. The molecule has 150 valence electrons. The number of carbonyl (C=O) groups excluding carboxylic acids is 3. The van der Waals surface area contributed by atoms with E-state index in [9.17, 15) is 22.8 Å². The number of amides is 2. The molecule has 3 aliphatic rings. The maximum Gasteiger partial charge on any atom is 0.229 e. The Morgan fingerprint density at radius 1 is 1.18 bits per heavy atom. The van der Waals surface area contributed by atoms with Crippen LogP contribution in [-0.2, 0) is 19.6 Å². The van der Waals surface area contributed by atoms with Gasteiger partial charge in [0.25, 0.3) is 0 Å². The quantitative estimate of drug-likeness (QED) is 0.792. The third kappa shape index (κ3) is 2.68. The fourth-order valence-electron chi connectivity index (χ4n) is 4.47. The molecular weight excluding hydrogens is 382 g/mol. The van der Waals surface area contributed by atoms with Gasteiger partial charge in [0.15, 0.2) is 5.78 Å². The number of ketones is 1. The van der Waals surface area contributed by atoms with Crippen molar-refractivity contribution < 1.29 is 22.8 Å². The maximum atomic E-state index is 13.1. The third-order valence-corrected chi connectivity index (χ3v) is 8.17. The Hall–Kier alpha value is -2.26. The molecule has 2 aliphatic heterocycles. The molecule has 1 aliphatic carbocycles. The number of para-hydroxylation sites is 1. The van der Waals surface area contributed by atoms with Gasteiger partial charge in [0.05, 0.1) is 28.7 Å². The molecule has 0 unspecified atom stereocenters. The normalized spacial score (nSPS) is 30.1. The number of rotatable bonds is 3. The van der Waals surface area contributed by atoms with Gasteiger partial charge in [0.1, 0.15) is 0 Å². The third-order valence-electron chi connectivity index (χ3n) is 6.29. The second-order valence-corrected chi connectivity index (χ2v) is 9.98. The van der Waals surface area contributed by atoms with Gasteiger partial charge in [-0.1, -0.05) is 19.1 Å². The summed E-state index contributed by atoms with van der Waals surface area (Å²) in [6.07, 6.45) is 0. The number of nitrogens with one attached hydrogen (secondary N) is 1. The van der Waals surface area contributed by atoms with Crippen molar-refractivity contribution in [1.82, 2.24) is 9.21 Å². The van der Waals surface area contributed by atoms with E-state index in [4.69, 9.17) is 0 Å². The minimum Gasteiger partial charge on any atom is -0.340 e. The van der Waals surface area contributed by atoms with E-state index in [-0.39, 0.29) is 49.5 Å². The number of carbonyl (C=O) groups is 3. The minimum absolute atomic E-state index is 0.0256. The van der Waals surface area contributed by atoms with Crippen LogP contribution in [0.2, 0.25) is 0 Å².